The van der Waals surface area contributed by atoms with Gasteiger partial charge in [-0.2, -0.15) is 18.4 Å². The average Bonchev–Trinajstić information content (AvgIpc) is 3.10. The smallest absolute Gasteiger partial charge is 0.339 e. The second kappa shape index (κ2) is 7.83. The molecule has 1 aliphatic rings. The first-order valence-corrected chi connectivity index (χ1v) is 8.66. The predicted molar refractivity (Wildman–Crippen MR) is 95.8 cm³/mol. The molecule has 1 unspecified atom stereocenters. The van der Waals surface area contributed by atoms with E-state index in [4.69, 9.17) is 5.26 Å². The number of hydrogen-bond donors (Lipinski definition) is 2. The van der Waals surface area contributed by atoms with Gasteiger partial charge >= 0.3 is 12.2 Å². The number of urea groups is 1. The molecule has 1 aromatic carbocycles. The quantitative estimate of drug-likeness (QED) is 0.817. The largest absolute Gasteiger partial charge is 0.408 e. The van der Waals surface area contributed by atoms with E-state index in [1.54, 1.807) is 22.8 Å². The fraction of sp³-hybridized carbons (Fsp3) is 0.333. The molecule has 0 saturated carbocycles. The van der Waals surface area contributed by atoms with E-state index in [0.717, 1.165) is 6.92 Å². The van der Waals surface area contributed by atoms with E-state index in [9.17, 15) is 22.8 Å². The Kier molecular flexibility index (Phi) is 5.45. The van der Waals surface area contributed by atoms with Crippen molar-refractivity contribution in [3.8, 4) is 6.07 Å². The Morgan fingerprint density at radius 1 is 1.31 bits per heavy atom. The minimum atomic E-state index is -4.57. The summed E-state index contributed by atoms with van der Waals surface area (Å²) in [5.74, 6) is -0.951. The van der Waals surface area contributed by atoms with E-state index in [1.807, 2.05) is 11.4 Å². The molecule has 1 aromatic heterocycles. The van der Waals surface area contributed by atoms with Crippen molar-refractivity contribution in [1.82, 2.24) is 19.8 Å². The molecular formula is C18H17F3N6O2. The van der Waals surface area contributed by atoms with Gasteiger partial charge in [0.15, 0.2) is 5.69 Å². The number of nitriles is 1. The number of fused-ring (bicyclic) bond motifs is 1. The lowest BCUT2D eigenvalue weighted by Crippen LogP contribution is -2.44. The van der Waals surface area contributed by atoms with Gasteiger partial charge in [0, 0.05) is 18.8 Å². The van der Waals surface area contributed by atoms with Crippen LogP contribution in [0.5, 0.6) is 0 Å². The van der Waals surface area contributed by atoms with E-state index in [2.05, 4.69) is 10.3 Å². The maximum atomic E-state index is 12.7. The summed E-state index contributed by atoms with van der Waals surface area (Å²) in [6.07, 6.45) is -3.20. The molecule has 3 rings (SSSR count). The van der Waals surface area contributed by atoms with Crippen molar-refractivity contribution in [3.63, 3.8) is 0 Å². The summed E-state index contributed by atoms with van der Waals surface area (Å²) in [6, 6.07) is 5.87. The lowest BCUT2D eigenvalue weighted by molar-refractivity contribution is -0.149. The Bertz CT molecular complexity index is 979. The highest BCUT2D eigenvalue weighted by molar-refractivity contribution is 5.94. The first-order valence-electron chi connectivity index (χ1n) is 8.66. The Morgan fingerprint density at radius 2 is 2.07 bits per heavy atom. The summed E-state index contributed by atoms with van der Waals surface area (Å²) in [6.45, 7) is 1.52. The van der Waals surface area contributed by atoms with E-state index < -0.39 is 24.2 Å². The lowest BCUT2D eigenvalue weighted by atomic mass is 10.2. The van der Waals surface area contributed by atoms with Crippen LogP contribution in [0.25, 0.3) is 0 Å². The number of halogens is 3. The number of nitrogens with zero attached hydrogens (tertiary/aromatic N) is 4. The van der Waals surface area contributed by atoms with Gasteiger partial charge in [0.05, 0.1) is 30.2 Å². The summed E-state index contributed by atoms with van der Waals surface area (Å²) < 4.78 is 39.7. The van der Waals surface area contributed by atoms with Crippen molar-refractivity contribution in [1.29, 1.82) is 5.26 Å². The van der Waals surface area contributed by atoms with Crippen LogP contribution >= 0.6 is 0 Å². The summed E-state index contributed by atoms with van der Waals surface area (Å²) in [5, 5.41) is 13.5. The van der Waals surface area contributed by atoms with Crippen LogP contribution in [0.2, 0.25) is 0 Å². The van der Waals surface area contributed by atoms with Crippen molar-refractivity contribution in [3.05, 3.63) is 47.5 Å². The number of hydrogen-bond acceptors (Lipinski definition) is 4. The molecule has 0 fully saturated rings. The Morgan fingerprint density at radius 3 is 2.76 bits per heavy atom. The summed E-state index contributed by atoms with van der Waals surface area (Å²) >= 11 is 0. The molecule has 29 heavy (non-hydrogen) atoms. The molecule has 0 bridgehead atoms. The summed E-state index contributed by atoms with van der Waals surface area (Å²) in [5.41, 5.74) is 1.02. The third-order valence-corrected chi connectivity index (χ3v) is 4.48. The number of carbonyl (C=O) groups is 2. The van der Waals surface area contributed by atoms with Gasteiger partial charge in [-0.1, -0.05) is 6.07 Å². The number of carbonyl (C=O) groups excluding carboxylic acids is 2. The standard InChI is InChI=1S/C18H17F3N6O2/c1-11(18(19,20)21)24-16(28)15-14-9-26(5-6-27(14)10-23-15)17(29)25-13-4-2-3-12(7-13)8-22/h2-4,7,10-11H,5-6,9H2,1H3,(H,24,28)(H,25,29). The van der Waals surface area contributed by atoms with E-state index in [0.29, 0.717) is 30.0 Å². The maximum Gasteiger partial charge on any atom is 0.408 e. The van der Waals surface area contributed by atoms with Gasteiger partial charge in [-0.25, -0.2) is 9.78 Å². The number of benzene rings is 1. The molecule has 2 N–H and O–H groups in total. The van der Waals surface area contributed by atoms with E-state index in [1.165, 1.54) is 17.3 Å². The normalized spacial score (nSPS) is 14.5. The van der Waals surface area contributed by atoms with Gasteiger partial charge in [0.1, 0.15) is 6.04 Å². The molecule has 0 aliphatic carbocycles. The Hall–Kier alpha value is -3.55. The van der Waals surface area contributed by atoms with Crippen LogP contribution in [0.1, 0.15) is 28.7 Å². The molecule has 0 spiro atoms. The molecule has 8 nitrogen and oxygen atoms in total. The van der Waals surface area contributed by atoms with E-state index in [-0.39, 0.29) is 12.2 Å². The minimum Gasteiger partial charge on any atom is -0.339 e. The fourth-order valence-electron chi connectivity index (χ4n) is 2.83. The van der Waals surface area contributed by atoms with Crippen LogP contribution in [0.15, 0.2) is 30.6 Å². The third kappa shape index (κ3) is 4.48. The number of alkyl halides is 3. The number of rotatable bonds is 3. The lowest BCUT2D eigenvalue weighted by Gasteiger charge is -2.29. The molecule has 1 atom stereocenters. The van der Waals surface area contributed by atoms with Crippen molar-refractivity contribution in [2.24, 2.45) is 0 Å². The van der Waals surface area contributed by atoms with E-state index >= 15 is 0 Å². The second-order valence-corrected chi connectivity index (χ2v) is 6.51. The summed E-state index contributed by atoms with van der Waals surface area (Å²) in [4.78, 5) is 30.1. The van der Waals surface area contributed by atoms with Gasteiger partial charge in [0.25, 0.3) is 5.91 Å². The molecule has 2 heterocycles. The molecule has 0 radical (unpaired) electrons. The van der Waals surface area contributed by atoms with Crippen molar-refractivity contribution >= 4 is 17.6 Å². The van der Waals surface area contributed by atoms with Crippen molar-refractivity contribution in [2.45, 2.75) is 32.2 Å². The Labute approximate surface area is 163 Å². The average molecular weight is 406 g/mol. The number of aromatic nitrogens is 2. The van der Waals surface area contributed by atoms with Crippen molar-refractivity contribution < 1.29 is 22.8 Å². The predicted octanol–water partition coefficient (Wildman–Crippen LogP) is 2.48. The maximum absolute atomic E-state index is 12.7. The van der Waals surface area contributed by atoms with Crippen LogP contribution in [-0.4, -0.2) is 45.2 Å². The van der Waals surface area contributed by atoms with Crippen LogP contribution in [0.4, 0.5) is 23.7 Å². The van der Waals surface area contributed by atoms with Crippen molar-refractivity contribution in [2.75, 3.05) is 11.9 Å². The zero-order valence-electron chi connectivity index (χ0n) is 15.3. The highest BCUT2D eigenvalue weighted by atomic mass is 19.4. The first-order chi connectivity index (χ1) is 13.7. The minimum absolute atomic E-state index is 0.00687. The van der Waals surface area contributed by atoms with Gasteiger partial charge in [-0.05, 0) is 25.1 Å². The Balaban J connectivity index is 1.71. The zero-order chi connectivity index (χ0) is 21.2. The highest BCUT2D eigenvalue weighted by Gasteiger charge is 2.38. The van der Waals surface area contributed by atoms with Gasteiger partial charge in [-0.15, -0.1) is 0 Å². The topological polar surface area (TPSA) is 103 Å². The molecule has 0 saturated heterocycles. The van der Waals surface area contributed by atoms with Crippen LogP contribution in [0, 0.1) is 11.3 Å². The number of nitrogens with one attached hydrogen (secondary N) is 2. The van der Waals surface area contributed by atoms with Gasteiger partial charge < -0.3 is 20.1 Å². The third-order valence-electron chi connectivity index (χ3n) is 4.48. The molecule has 11 heteroatoms. The zero-order valence-corrected chi connectivity index (χ0v) is 15.3. The summed E-state index contributed by atoms with van der Waals surface area (Å²) in [7, 11) is 0. The fourth-order valence-corrected chi connectivity index (χ4v) is 2.83. The molecule has 3 amide bonds. The van der Waals surface area contributed by atoms with Crippen LogP contribution in [-0.2, 0) is 13.1 Å². The molecule has 2 aromatic rings. The SMILES string of the molecule is CC(NC(=O)c1ncn2c1CN(C(=O)Nc1cccc(C#N)c1)CC2)C(F)(F)F. The highest BCUT2D eigenvalue weighted by Crippen LogP contribution is 2.22. The van der Waals surface area contributed by atoms with Crippen LogP contribution < -0.4 is 10.6 Å². The number of imidazole rings is 1. The molecular weight excluding hydrogens is 389 g/mol. The monoisotopic (exact) mass is 406 g/mol. The molecule has 1 aliphatic heterocycles. The number of anilines is 1. The van der Waals surface area contributed by atoms with Gasteiger partial charge in [-0.3, -0.25) is 4.79 Å². The number of amides is 3. The van der Waals surface area contributed by atoms with Gasteiger partial charge in [0.2, 0.25) is 0 Å². The molecule has 152 valence electrons. The van der Waals surface area contributed by atoms with Crippen LogP contribution in [0.3, 0.4) is 0 Å². The first kappa shape index (κ1) is 20.2. The second-order valence-electron chi connectivity index (χ2n) is 6.51.